The van der Waals surface area contributed by atoms with Gasteiger partial charge in [-0.2, -0.15) is 0 Å². The summed E-state index contributed by atoms with van der Waals surface area (Å²) in [6.07, 6.45) is 1.90. The smallest absolute Gasteiger partial charge is 0.310 e. The number of anilines is 1. The van der Waals surface area contributed by atoms with Crippen LogP contribution in [0.2, 0.25) is 0 Å². The molecule has 1 N–H and O–H groups in total. The molecule has 1 saturated heterocycles. The summed E-state index contributed by atoms with van der Waals surface area (Å²) in [4.78, 5) is 24.7. The molecule has 110 valence electrons. The Morgan fingerprint density at radius 3 is 2.90 bits per heavy atom. The summed E-state index contributed by atoms with van der Waals surface area (Å²) in [5.74, 6) is -0.0111. The van der Waals surface area contributed by atoms with E-state index in [4.69, 9.17) is 4.74 Å². The highest BCUT2D eigenvalue weighted by atomic mass is 16.6. The number of aryl methyl sites for hydroxylation is 2. The van der Waals surface area contributed by atoms with Gasteiger partial charge in [0.15, 0.2) is 0 Å². The van der Waals surface area contributed by atoms with Crippen LogP contribution in [0.5, 0.6) is 0 Å². The zero-order valence-corrected chi connectivity index (χ0v) is 12.3. The van der Waals surface area contributed by atoms with Crippen molar-refractivity contribution in [2.45, 2.75) is 32.8 Å². The van der Waals surface area contributed by atoms with Crippen molar-refractivity contribution in [2.75, 3.05) is 5.32 Å². The van der Waals surface area contributed by atoms with E-state index in [1.54, 1.807) is 0 Å². The number of fused-ring (bicyclic) bond motifs is 1. The average Bonchev–Trinajstić information content (AvgIpc) is 3.03. The summed E-state index contributed by atoms with van der Waals surface area (Å²) in [7, 11) is 0. The molecule has 0 aromatic heterocycles. The van der Waals surface area contributed by atoms with E-state index >= 15 is 0 Å². The summed E-state index contributed by atoms with van der Waals surface area (Å²) in [6.45, 7) is 3.99. The monoisotopic (exact) mass is 285 g/mol. The molecule has 2 saturated carbocycles. The first-order chi connectivity index (χ1) is 10.0. The number of carbonyl (C=O) groups excluding carboxylic acids is 2. The lowest BCUT2D eigenvalue weighted by atomic mass is 9.79. The molecule has 0 unspecified atom stereocenters. The molecule has 3 aliphatic rings. The minimum atomic E-state index is -0.209. The summed E-state index contributed by atoms with van der Waals surface area (Å²) < 4.78 is 5.39. The Balaban J connectivity index is 1.58. The molecule has 21 heavy (non-hydrogen) atoms. The van der Waals surface area contributed by atoms with Crippen molar-refractivity contribution < 1.29 is 14.3 Å². The molecule has 4 rings (SSSR count). The van der Waals surface area contributed by atoms with Gasteiger partial charge in [-0.25, -0.2) is 0 Å². The van der Waals surface area contributed by atoms with Gasteiger partial charge in [-0.1, -0.05) is 12.1 Å². The molecule has 5 atom stereocenters. The Morgan fingerprint density at radius 2 is 2.10 bits per heavy atom. The molecule has 4 heteroatoms. The van der Waals surface area contributed by atoms with Crippen molar-refractivity contribution in [1.29, 1.82) is 0 Å². The summed E-state index contributed by atoms with van der Waals surface area (Å²) >= 11 is 0. The number of rotatable bonds is 2. The van der Waals surface area contributed by atoms with Gasteiger partial charge in [-0.15, -0.1) is 0 Å². The fraction of sp³-hybridized carbons (Fsp3) is 0.529. The lowest BCUT2D eigenvalue weighted by Crippen LogP contribution is -2.36. The lowest BCUT2D eigenvalue weighted by molar-refractivity contribution is -0.145. The van der Waals surface area contributed by atoms with E-state index in [1.807, 2.05) is 32.0 Å². The zero-order valence-electron chi connectivity index (χ0n) is 12.3. The summed E-state index contributed by atoms with van der Waals surface area (Å²) in [6, 6.07) is 6.02. The molecule has 0 radical (unpaired) electrons. The molecule has 0 spiro atoms. The number of hydrogen-bond donors (Lipinski definition) is 1. The standard InChI is InChI=1S/C17H19NO3/c1-8-3-4-9(2)12(5-8)18-16(19)14-10-6-11-13(7-10)21-17(20)15(11)14/h3-5,10-11,13-15H,6-7H2,1-2H3,(H,18,19)/t10-,11-,13+,14+,15-/m0/s1. The largest absolute Gasteiger partial charge is 0.462 e. The highest BCUT2D eigenvalue weighted by Gasteiger charge is 2.63. The second-order valence-corrected chi connectivity index (χ2v) is 6.73. The lowest BCUT2D eigenvalue weighted by Gasteiger charge is -2.24. The van der Waals surface area contributed by atoms with E-state index in [0.29, 0.717) is 5.92 Å². The fourth-order valence-corrected chi connectivity index (χ4v) is 4.45. The van der Waals surface area contributed by atoms with Gasteiger partial charge < -0.3 is 10.1 Å². The number of amides is 1. The van der Waals surface area contributed by atoms with E-state index in [9.17, 15) is 9.59 Å². The third-order valence-electron chi connectivity index (χ3n) is 5.44. The van der Waals surface area contributed by atoms with Crippen LogP contribution in [-0.4, -0.2) is 18.0 Å². The zero-order chi connectivity index (χ0) is 14.7. The van der Waals surface area contributed by atoms with Gasteiger partial charge in [0, 0.05) is 11.6 Å². The van der Waals surface area contributed by atoms with Crippen LogP contribution < -0.4 is 5.32 Å². The van der Waals surface area contributed by atoms with E-state index < -0.39 is 0 Å². The number of hydrogen-bond acceptors (Lipinski definition) is 3. The highest BCUT2D eigenvalue weighted by molar-refractivity contribution is 5.97. The minimum absolute atomic E-state index is 0.0153. The third-order valence-corrected chi connectivity index (χ3v) is 5.44. The molecule has 4 nitrogen and oxygen atoms in total. The fourth-order valence-electron chi connectivity index (χ4n) is 4.45. The number of esters is 1. The molecule has 2 bridgehead atoms. The maximum absolute atomic E-state index is 12.7. The quantitative estimate of drug-likeness (QED) is 0.849. The Hall–Kier alpha value is -1.84. The predicted octanol–water partition coefficient (Wildman–Crippen LogP) is 2.44. The molecule has 3 fully saturated rings. The maximum atomic E-state index is 12.7. The topological polar surface area (TPSA) is 55.4 Å². The van der Waals surface area contributed by atoms with Crippen molar-refractivity contribution in [2.24, 2.45) is 23.7 Å². The second kappa shape index (κ2) is 4.33. The first-order valence-corrected chi connectivity index (χ1v) is 7.63. The van der Waals surface area contributed by atoms with Crippen molar-refractivity contribution in [3.63, 3.8) is 0 Å². The van der Waals surface area contributed by atoms with Gasteiger partial charge >= 0.3 is 5.97 Å². The molecule has 1 heterocycles. The average molecular weight is 285 g/mol. The van der Waals surface area contributed by atoms with Gasteiger partial charge in [-0.05, 0) is 49.8 Å². The first-order valence-electron chi connectivity index (χ1n) is 7.63. The van der Waals surface area contributed by atoms with Gasteiger partial charge in [0.1, 0.15) is 6.10 Å². The SMILES string of the molecule is Cc1ccc(C)c(NC(=O)[C@@H]2[C@H]3C[C@@H]4[C@@H]2C(=O)O[C@@H]4C3)c1. The Labute approximate surface area is 123 Å². The number of ether oxygens (including phenoxy) is 1. The van der Waals surface area contributed by atoms with E-state index in [0.717, 1.165) is 29.7 Å². The van der Waals surface area contributed by atoms with Crippen LogP contribution in [0.15, 0.2) is 18.2 Å². The van der Waals surface area contributed by atoms with Crippen molar-refractivity contribution in [3.05, 3.63) is 29.3 Å². The summed E-state index contributed by atoms with van der Waals surface area (Å²) in [5.41, 5.74) is 3.01. The predicted molar refractivity (Wildman–Crippen MR) is 77.6 cm³/mol. The minimum Gasteiger partial charge on any atom is -0.462 e. The van der Waals surface area contributed by atoms with E-state index in [1.165, 1.54) is 0 Å². The summed E-state index contributed by atoms with van der Waals surface area (Å²) in [5, 5.41) is 3.03. The Bertz CT molecular complexity index is 637. The van der Waals surface area contributed by atoms with Crippen LogP contribution in [0.25, 0.3) is 0 Å². The molecule has 1 aromatic carbocycles. The number of benzene rings is 1. The van der Waals surface area contributed by atoms with Crippen LogP contribution >= 0.6 is 0 Å². The van der Waals surface area contributed by atoms with Crippen molar-refractivity contribution in [3.8, 4) is 0 Å². The third kappa shape index (κ3) is 1.81. The Kier molecular flexibility index (Phi) is 2.65. The van der Waals surface area contributed by atoms with Gasteiger partial charge in [0.25, 0.3) is 0 Å². The van der Waals surface area contributed by atoms with Crippen LogP contribution in [0.4, 0.5) is 5.69 Å². The molecule has 2 aliphatic carbocycles. The van der Waals surface area contributed by atoms with E-state index in [2.05, 4.69) is 5.32 Å². The van der Waals surface area contributed by atoms with Gasteiger partial charge in [0.2, 0.25) is 5.91 Å². The highest BCUT2D eigenvalue weighted by Crippen LogP contribution is 2.57. The Morgan fingerprint density at radius 1 is 1.29 bits per heavy atom. The van der Waals surface area contributed by atoms with Crippen LogP contribution in [0, 0.1) is 37.5 Å². The number of nitrogens with one attached hydrogen (secondary N) is 1. The molecule has 1 aliphatic heterocycles. The van der Waals surface area contributed by atoms with Gasteiger partial charge in [0.05, 0.1) is 11.8 Å². The van der Waals surface area contributed by atoms with Crippen LogP contribution in [0.1, 0.15) is 24.0 Å². The van der Waals surface area contributed by atoms with Crippen LogP contribution in [0.3, 0.4) is 0 Å². The molecule has 1 amide bonds. The maximum Gasteiger partial charge on any atom is 0.310 e. The normalized spacial score (nSPS) is 35.9. The second-order valence-electron chi connectivity index (χ2n) is 6.73. The molecular weight excluding hydrogens is 266 g/mol. The molecule has 1 aromatic rings. The van der Waals surface area contributed by atoms with Crippen molar-refractivity contribution >= 4 is 17.6 Å². The van der Waals surface area contributed by atoms with Gasteiger partial charge in [-0.3, -0.25) is 9.59 Å². The van der Waals surface area contributed by atoms with Crippen LogP contribution in [-0.2, 0) is 14.3 Å². The van der Waals surface area contributed by atoms with Crippen molar-refractivity contribution in [1.82, 2.24) is 0 Å². The first kappa shape index (κ1) is 12.9. The van der Waals surface area contributed by atoms with E-state index in [-0.39, 0.29) is 35.7 Å². The molecular formula is C17H19NO3. The number of carbonyl (C=O) groups is 2.